The second-order valence-electron chi connectivity index (χ2n) is 6.84. The minimum absolute atomic E-state index is 0.122. The Balaban J connectivity index is 1.60. The molecule has 31 heavy (non-hydrogen) atoms. The normalized spacial score (nSPS) is 10.8. The van der Waals surface area contributed by atoms with Crippen LogP contribution in [0.1, 0.15) is 22.8 Å². The van der Waals surface area contributed by atoms with Gasteiger partial charge in [-0.15, -0.1) is 0 Å². The molecule has 0 atom stereocenters. The number of carbonyl (C=O) groups excluding carboxylic acids is 1. The summed E-state index contributed by atoms with van der Waals surface area (Å²) in [6.07, 6.45) is 0. The average Bonchev–Trinajstić information content (AvgIpc) is 3.17. The Morgan fingerprint density at radius 3 is 2.71 bits per heavy atom. The van der Waals surface area contributed by atoms with Gasteiger partial charge in [-0.05, 0) is 55.8 Å². The fraction of sp³-hybridized carbons (Fsp3) is 0.130. The zero-order valence-electron chi connectivity index (χ0n) is 16.9. The van der Waals surface area contributed by atoms with Crippen molar-refractivity contribution in [1.29, 1.82) is 0 Å². The number of fused-ring (bicyclic) bond motifs is 1. The lowest BCUT2D eigenvalue weighted by Crippen LogP contribution is -2.12. The number of nitrogens with one attached hydrogen (secondary N) is 1. The minimum atomic E-state index is -0.573. The minimum Gasteiger partial charge on any atom is -0.487 e. The molecule has 4 aromatic rings. The van der Waals surface area contributed by atoms with Crippen LogP contribution < -0.4 is 10.1 Å². The van der Waals surface area contributed by atoms with Crippen LogP contribution in [0.2, 0.25) is 0 Å². The molecule has 0 aliphatic rings. The molecule has 0 aliphatic carbocycles. The van der Waals surface area contributed by atoms with Gasteiger partial charge in [0, 0.05) is 22.9 Å². The van der Waals surface area contributed by atoms with E-state index in [4.69, 9.17) is 9.15 Å². The van der Waals surface area contributed by atoms with Crippen LogP contribution in [-0.4, -0.2) is 22.4 Å². The van der Waals surface area contributed by atoms with Crippen molar-refractivity contribution in [2.75, 3.05) is 11.9 Å². The summed E-state index contributed by atoms with van der Waals surface area (Å²) in [6, 6.07) is 17.0. The van der Waals surface area contributed by atoms with E-state index in [0.717, 1.165) is 11.1 Å². The van der Waals surface area contributed by atoms with Crippen molar-refractivity contribution in [3.8, 4) is 17.2 Å². The van der Waals surface area contributed by atoms with Crippen LogP contribution in [0.4, 0.5) is 11.4 Å². The molecule has 156 valence electrons. The number of nitro benzene ring substituents is 1. The summed E-state index contributed by atoms with van der Waals surface area (Å²) >= 11 is 0. The maximum Gasteiger partial charge on any atom is 0.311 e. The largest absolute Gasteiger partial charge is 0.487 e. The highest BCUT2D eigenvalue weighted by atomic mass is 16.6. The first kappa shape index (κ1) is 20.1. The number of oxazole rings is 1. The molecule has 0 fully saturated rings. The monoisotopic (exact) mass is 417 g/mol. The van der Waals surface area contributed by atoms with Crippen LogP contribution in [0.5, 0.6) is 5.75 Å². The highest BCUT2D eigenvalue weighted by Crippen LogP contribution is 2.30. The number of anilines is 1. The predicted molar refractivity (Wildman–Crippen MR) is 116 cm³/mol. The van der Waals surface area contributed by atoms with Crippen LogP contribution in [0, 0.1) is 17.0 Å². The molecule has 0 unspecified atom stereocenters. The maximum atomic E-state index is 12.6. The van der Waals surface area contributed by atoms with E-state index < -0.39 is 10.8 Å². The van der Waals surface area contributed by atoms with Gasteiger partial charge in [0.1, 0.15) is 5.52 Å². The molecule has 1 heterocycles. The summed E-state index contributed by atoms with van der Waals surface area (Å²) in [4.78, 5) is 27.9. The van der Waals surface area contributed by atoms with Crippen molar-refractivity contribution in [2.24, 2.45) is 0 Å². The van der Waals surface area contributed by atoms with Gasteiger partial charge in [-0.1, -0.05) is 18.2 Å². The molecular formula is C23H19N3O5. The van der Waals surface area contributed by atoms with E-state index >= 15 is 0 Å². The Hall–Kier alpha value is -4.20. The molecule has 1 aromatic heterocycles. The predicted octanol–water partition coefficient (Wildman–Crippen LogP) is 5.36. The van der Waals surface area contributed by atoms with Gasteiger partial charge < -0.3 is 14.5 Å². The van der Waals surface area contributed by atoms with Gasteiger partial charge in [-0.3, -0.25) is 14.9 Å². The number of amides is 1. The number of carbonyl (C=O) groups is 1. The lowest BCUT2D eigenvalue weighted by atomic mass is 10.1. The highest BCUT2D eigenvalue weighted by molar-refractivity contribution is 6.05. The van der Waals surface area contributed by atoms with Gasteiger partial charge in [0.2, 0.25) is 5.89 Å². The quantitative estimate of drug-likeness (QED) is 0.334. The molecule has 0 spiro atoms. The smallest absolute Gasteiger partial charge is 0.311 e. The van der Waals surface area contributed by atoms with Gasteiger partial charge in [0.25, 0.3) is 5.91 Å². The third-order valence-corrected chi connectivity index (χ3v) is 4.74. The third-order valence-electron chi connectivity index (χ3n) is 4.74. The Bertz CT molecular complexity index is 1300. The van der Waals surface area contributed by atoms with E-state index in [9.17, 15) is 14.9 Å². The van der Waals surface area contributed by atoms with Gasteiger partial charge >= 0.3 is 5.69 Å². The van der Waals surface area contributed by atoms with Gasteiger partial charge in [-0.2, -0.15) is 0 Å². The summed E-state index contributed by atoms with van der Waals surface area (Å²) < 4.78 is 11.1. The number of nitrogens with zero attached hydrogens (tertiary/aromatic N) is 2. The average molecular weight is 417 g/mol. The van der Waals surface area contributed by atoms with Gasteiger partial charge in [-0.25, -0.2) is 4.98 Å². The van der Waals surface area contributed by atoms with E-state index in [2.05, 4.69) is 10.3 Å². The number of aryl methyl sites for hydroxylation is 1. The Morgan fingerprint density at radius 1 is 1.16 bits per heavy atom. The van der Waals surface area contributed by atoms with Crippen molar-refractivity contribution in [3.63, 3.8) is 0 Å². The van der Waals surface area contributed by atoms with Crippen molar-refractivity contribution in [2.45, 2.75) is 13.8 Å². The van der Waals surface area contributed by atoms with Crippen molar-refractivity contribution in [1.82, 2.24) is 4.98 Å². The molecule has 8 heteroatoms. The molecule has 8 nitrogen and oxygen atoms in total. The molecule has 1 amide bonds. The molecule has 0 bridgehead atoms. The molecule has 4 rings (SSSR count). The number of hydrogen-bond acceptors (Lipinski definition) is 6. The molecule has 1 N–H and O–H groups in total. The molecule has 0 saturated carbocycles. The van der Waals surface area contributed by atoms with Crippen LogP contribution in [0.3, 0.4) is 0 Å². The summed E-state index contributed by atoms with van der Waals surface area (Å²) in [5.74, 6) is 0.142. The van der Waals surface area contributed by atoms with Gasteiger partial charge in [0.15, 0.2) is 11.3 Å². The first-order valence-corrected chi connectivity index (χ1v) is 9.65. The standard InChI is InChI=1S/C23H19N3O5/c1-3-30-21-10-8-15(12-19(21)26(28)29)22(27)24-16-9-11-20-18(13-16)25-23(31-20)17-7-5-4-6-14(17)2/h4-13H,3H2,1-2H3,(H,24,27). The van der Waals surface area contributed by atoms with Crippen LogP contribution in [-0.2, 0) is 0 Å². The molecule has 0 saturated heterocycles. The van der Waals surface area contributed by atoms with Gasteiger partial charge in [0.05, 0.1) is 11.5 Å². The van der Waals surface area contributed by atoms with Crippen LogP contribution in [0.15, 0.2) is 65.1 Å². The zero-order chi connectivity index (χ0) is 22.0. The molecule has 0 aliphatic heterocycles. The number of benzene rings is 3. The fourth-order valence-corrected chi connectivity index (χ4v) is 3.22. The summed E-state index contributed by atoms with van der Waals surface area (Å²) in [6.45, 7) is 4.00. The summed E-state index contributed by atoms with van der Waals surface area (Å²) in [7, 11) is 0. The Labute approximate surface area is 177 Å². The lowest BCUT2D eigenvalue weighted by Gasteiger charge is -2.07. The molecular weight excluding hydrogens is 398 g/mol. The topological polar surface area (TPSA) is 108 Å². The van der Waals surface area contributed by atoms with Crippen LogP contribution >= 0.6 is 0 Å². The summed E-state index contributed by atoms with van der Waals surface area (Å²) in [5, 5.41) is 14.0. The summed E-state index contributed by atoms with van der Waals surface area (Å²) in [5.41, 5.74) is 3.51. The van der Waals surface area contributed by atoms with E-state index in [1.165, 1.54) is 18.2 Å². The van der Waals surface area contributed by atoms with Crippen molar-refractivity contribution >= 4 is 28.4 Å². The van der Waals surface area contributed by atoms with Crippen molar-refractivity contribution in [3.05, 3.63) is 81.9 Å². The zero-order valence-corrected chi connectivity index (χ0v) is 16.9. The Kier molecular flexibility index (Phi) is 5.36. The highest BCUT2D eigenvalue weighted by Gasteiger charge is 2.19. The van der Waals surface area contributed by atoms with E-state index in [-0.39, 0.29) is 23.6 Å². The van der Waals surface area contributed by atoms with Crippen molar-refractivity contribution < 1.29 is 18.9 Å². The van der Waals surface area contributed by atoms with Crippen LogP contribution in [0.25, 0.3) is 22.6 Å². The van der Waals surface area contributed by atoms with E-state index in [1.807, 2.05) is 31.2 Å². The lowest BCUT2D eigenvalue weighted by molar-refractivity contribution is -0.385. The maximum absolute atomic E-state index is 12.6. The second kappa shape index (κ2) is 8.27. The van der Waals surface area contributed by atoms with E-state index in [1.54, 1.807) is 25.1 Å². The SMILES string of the molecule is CCOc1ccc(C(=O)Nc2ccc3oc(-c4ccccc4C)nc3c2)cc1[N+](=O)[O-]. The second-order valence-corrected chi connectivity index (χ2v) is 6.84. The fourth-order valence-electron chi connectivity index (χ4n) is 3.22. The number of rotatable bonds is 6. The molecule has 0 radical (unpaired) electrons. The number of hydrogen-bond donors (Lipinski definition) is 1. The number of ether oxygens (including phenoxy) is 1. The number of nitro groups is 1. The molecule has 3 aromatic carbocycles. The third kappa shape index (κ3) is 4.09. The first-order chi connectivity index (χ1) is 15.0. The Morgan fingerprint density at radius 2 is 1.97 bits per heavy atom. The first-order valence-electron chi connectivity index (χ1n) is 9.65. The van der Waals surface area contributed by atoms with E-state index in [0.29, 0.717) is 22.7 Å². The number of aromatic nitrogens is 1.